The average molecular weight is 721 g/mol. The molecule has 3 aromatic carbocycles. The number of aliphatic hydroxyl groups excluding tert-OH is 1. The quantitative estimate of drug-likeness (QED) is 0.152. The van der Waals surface area contributed by atoms with Gasteiger partial charge in [0.1, 0.15) is 0 Å². The lowest BCUT2D eigenvalue weighted by Gasteiger charge is -2.31. The molecule has 1 N–H and O–H groups in total. The Hall–Kier alpha value is -2.31. The van der Waals surface area contributed by atoms with E-state index in [1.165, 1.54) is 0 Å². The Kier molecular flexibility index (Phi) is 9.16. The highest BCUT2D eigenvalue weighted by atomic mass is 127. The molecule has 0 bridgehead atoms. The van der Waals surface area contributed by atoms with E-state index in [1.807, 2.05) is 67.6 Å². The Morgan fingerprint density at radius 3 is 2.45 bits per heavy atom. The Morgan fingerprint density at radius 2 is 1.81 bits per heavy atom. The van der Waals surface area contributed by atoms with Crippen molar-refractivity contribution in [3.8, 4) is 0 Å². The summed E-state index contributed by atoms with van der Waals surface area (Å²) in [6.07, 6.45) is -0.908. The maximum absolute atomic E-state index is 16.2. The van der Waals surface area contributed by atoms with E-state index in [2.05, 4.69) is 22.6 Å². The van der Waals surface area contributed by atoms with Gasteiger partial charge in [0.2, 0.25) is 14.3 Å². The molecule has 2 aliphatic rings. The number of benzene rings is 3. The van der Waals surface area contributed by atoms with E-state index in [0.717, 1.165) is 14.7 Å². The number of anilines is 1. The lowest BCUT2D eigenvalue weighted by atomic mass is 9.82. The Bertz CT molecular complexity index is 1460. The van der Waals surface area contributed by atoms with Crippen molar-refractivity contribution in [3.63, 3.8) is 0 Å². The fraction of sp³-hybridized carbons (Fsp3) is 0.375. The Labute approximate surface area is 266 Å². The third-order valence-electron chi connectivity index (χ3n) is 8.49. The predicted molar refractivity (Wildman–Crippen MR) is 173 cm³/mol. The van der Waals surface area contributed by atoms with Crippen LogP contribution in [0.5, 0.6) is 0 Å². The summed E-state index contributed by atoms with van der Waals surface area (Å²) in [6.45, 7) is 5.69. The number of nitrogens with zero attached hydrogens (tertiary/aromatic N) is 2. The molecule has 0 aliphatic carbocycles. The van der Waals surface area contributed by atoms with Gasteiger partial charge >= 0.3 is 0 Å². The minimum atomic E-state index is -3.45. The topological polar surface area (TPSA) is 70.1 Å². The van der Waals surface area contributed by atoms with Crippen molar-refractivity contribution in [2.45, 2.75) is 56.8 Å². The van der Waals surface area contributed by atoms with E-state index in [0.29, 0.717) is 29.4 Å². The van der Waals surface area contributed by atoms with Gasteiger partial charge in [0.05, 0.1) is 31.4 Å². The lowest BCUT2D eigenvalue weighted by molar-refractivity contribution is -0.150. The van der Waals surface area contributed by atoms with Gasteiger partial charge < -0.3 is 23.8 Å². The summed E-state index contributed by atoms with van der Waals surface area (Å²) in [5.74, 6) is -1.05. The molecule has 2 heterocycles. The first-order chi connectivity index (χ1) is 20.0. The largest absolute Gasteiger partial charge is 0.395 e. The average Bonchev–Trinajstić information content (AvgIpc) is 3.36. The summed E-state index contributed by atoms with van der Waals surface area (Å²) >= 11 is 8.71. The van der Waals surface area contributed by atoms with Gasteiger partial charge in [-0.25, -0.2) is 0 Å². The van der Waals surface area contributed by atoms with Gasteiger partial charge in [-0.2, -0.15) is 0 Å². The smallest absolute Gasteiger partial charge is 0.264 e. The van der Waals surface area contributed by atoms with E-state index in [4.69, 9.17) is 16.3 Å². The molecule has 10 heteroatoms. The van der Waals surface area contributed by atoms with Crippen LogP contribution in [0.2, 0.25) is 23.7 Å². The minimum absolute atomic E-state index is 0.0930. The number of carbonyl (C=O) groups excluding carboxylic acids is 2. The fourth-order valence-electron chi connectivity index (χ4n) is 6.67. The molecule has 2 aliphatic heterocycles. The van der Waals surface area contributed by atoms with Crippen LogP contribution in [0.25, 0.3) is 0 Å². The van der Waals surface area contributed by atoms with Crippen LogP contribution in [0.1, 0.15) is 30.0 Å². The lowest BCUT2D eigenvalue weighted by Crippen LogP contribution is -2.45. The third kappa shape index (κ3) is 5.90. The van der Waals surface area contributed by atoms with Crippen LogP contribution in [0.4, 0.5) is 9.80 Å². The molecule has 1 saturated heterocycles. The minimum Gasteiger partial charge on any atom is -0.395 e. The van der Waals surface area contributed by atoms with Crippen molar-refractivity contribution in [3.05, 3.63) is 98.1 Å². The molecule has 0 saturated carbocycles. The first-order valence-electron chi connectivity index (χ1n) is 14.1. The molecular weight excluding hydrogens is 686 g/mol. The van der Waals surface area contributed by atoms with Crippen LogP contribution in [0.3, 0.4) is 0 Å². The zero-order chi connectivity index (χ0) is 30.2. The summed E-state index contributed by atoms with van der Waals surface area (Å²) in [5.41, 5.74) is 1.10. The molecule has 222 valence electrons. The zero-order valence-corrected chi connectivity index (χ0v) is 27.8. The number of hydrogen-bond acceptors (Lipinski definition) is 4. The monoisotopic (exact) mass is 720 g/mol. The van der Waals surface area contributed by atoms with Crippen LogP contribution in [-0.2, 0) is 33.0 Å². The second-order valence-corrected chi connectivity index (χ2v) is 17.2. The van der Waals surface area contributed by atoms with Crippen LogP contribution in [0, 0.1) is 9.49 Å². The molecule has 1 spiro atoms. The number of aliphatic hydroxyl groups is 1. The van der Waals surface area contributed by atoms with Gasteiger partial charge in [-0.1, -0.05) is 61.0 Å². The van der Waals surface area contributed by atoms with Gasteiger partial charge in [-0.15, -0.1) is 0 Å². The number of rotatable bonds is 9. The molecule has 3 aromatic rings. The molecule has 42 heavy (non-hydrogen) atoms. The number of hydrogen-bond donors (Lipinski definition) is 1. The summed E-state index contributed by atoms with van der Waals surface area (Å²) < 4.78 is 24.0. The highest BCUT2D eigenvalue weighted by molar-refractivity contribution is 14.1. The number of amides is 2. The summed E-state index contributed by atoms with van der Waals surface area (Å²) in [5, 5.41) is 10.2. The second-order valence-electron chi connectivity index (χ2n) is 11.7. The molecule has 0 aromatic heterocycles. The maximum Gasteiger partial charge on any atom is 0.264 e. The predicted octanol–water partition coefficient (Wildman–Crippen LogP) is 6.68. The van der Waals surface area contributed by atoms with Crippen molar-refractivity contribution in [1.29, 1.82) is 0 Å². The van der Waals surface area contributed by atoms with Crippen LogP contribution < -0.4 is 4.90 Å². The highest BCUT2D eigenvalue weighted by Crippen LogP contribution is 2.60. The zero-order valence-electron chi connectivity index (χ0n) is 23.9. The van der Waals surface area contributed by atoms with Gasteiger partial charge in [0.15, 0.2) is 5.60 Å². The molecule has 1 fully saturated rings. The summed E-state index contributed by atoms with van der Waals surface area (Å²) in [7, 11) is -3.45. The number of halogens is 3. The molecule has 0 unspecified atom stereocenters. The molecule has 6 nitrogen and oxygen atoms in total. The Balaban J connectivity index is 1.50. The van der Waals surface area contributed by atoms with Crippen molar-refractivity contribution >= 4 is 60.1 Å². The molecule has 2 amide bonds. The van der Waals surface area contributed by atoms with E-state index >= 15 is 4.11 Å². The number of ether oxygens (including phenoxy) is 1. The Morgan fingerprint density at radius 1 is 1.12 bits per heavy atom. The van der Waals surface area contributed by atoms with E-state index in [-0.39, 0.29) is 31.4 Å². The molecule has 5 rings (SSSR count). The van der Waals surface area contributed by atoms with Crippen molar-refractivity contribution in [1.82, 2.24) is 4.90 Å². The van der Waals surface area contributed by atoms with Gasteiger partial charge in [0, 0.05) is 38.7 Å². The highest BCUT2D eigenvalue weighted by Gasteiger charge is 2.67. The molecule has 4 atom stereocenters. The standard InChI is InChI=1S/C32H35ClFIN2O4Si/c1-21-30(42(2,3)34)28(18-29(39)36(15-16-38)19-22-7-5-4-6-8-22)41-32(21)26-17-24(33)11-14-27(26)37(31(32)40)20-23-9-12-25(35)13-10-23/h4-14,17,21,28,30,38H,15-16,18-20H2,1-3H3/t21-,28+,30-,32+/m0/s1. The van der Waals surface area contributed by atoms with Crippen LogP contribution in [-0.4, -0.2) is 49.5 Å². The van der Waals surface area contributed by atoms with Gasteiger partial charge in [-0.05, 0) is 77.1 Å². The first kappa shape index (κ1) is 31.1. The molecular formula is C32H35ClFIN2O4Si. The maximum atomic E-state index is 16.2. The van der Waals surface area contributed by atoms with Gasteiger partial charge in [0.25, 0.3) is 5.91 Å². The van der Waals surface area contributed by atoms with Crippen molar-refractivity contribution < 1.29 is 23.5 Å². The first-order valence-corrected chi connectivity index (χ1v) is 18.5. The normalized spacial score (nSPS) is 23.5. The molecule has 0 radical (unpaired) electrons. The fourth-order valence-corrected chi connectivity index (χ4v) is 9.69. The van der Waals surface area contributed by atoms with E-state index in [9.17, 15) is 14.7 Å². The van der Waals surface area contributed by atoms with Crippen molar-refractivity contribution in [2.75, 3.05) is 18.1 Å². The SMILES string of the molecule is C[C@H]1[C@H]([Si](C)(C)F)[C@@H](CC(=O)N(CCO)Cc2ccccc2)O[C@]12C(=O)N(Cc1ccc(I)cc1)c1ccc(Cl)cc12. The van der Waals surface area contributed by atoms with E-state index < -0.39 is 31.6 Å². The summed E-state index contributed by atoms with van der Waals surface area (Å²) in [4.78, 5) is 31.5. The number of fused-ring (bicyclic) bond motifs is 2. The van der Waals surface area contributed by atoms with E-state index in [1.54, 1.807) is 35.0 Å². The van der Waals surface area contributed by atoms with Crippen LogP contribution >= 0.6 is 34.2 Å². The second kappa shape index (κ2) is 12.4. The summed E-state index contributed by atoms with van der Waals surface area (Å²) in [6, 6.07) is 22.8. The van der Waals surface area contributed by atoms with Gasteiger partial charge in [-0.3, -0.25) is 9.59 Å². The number of carbonyl (C=O) groups is 2. The van der Waals surface area contributed by atoms with Crippen molar-refractivity contribution in [2.24, 2.45) is 5.92 Å². The van der Waals surface area contributed by atoms with Crippen LogP contribution in [0.15, 0.2) is 72.8 Å². The third-order valence-corrected chi connectivity index (χ3v) is 11.9.